The molecule has 1 atom stereocenters. The van der Waals surface area contributed by atoms with E-state index in [-0.39, 0.29) is 32.3 Å². The number of alkyl halides is 3. The van der Waals surface area contributed by atoms with Gasteiger partial charge in [0.1, 0.15) is 5.75 Å². The van der Waals surface area contributed by atoms with E-state index in [1.54, 1.807) is 0 Å². The van der Waals surface area contributed by atoms with Crippen molar-refractivity contribution in [1.82, 2.24) is 5.32 Å². The van der Waals surface area contributed by atoms with E-state index in [2.05, 4.69) is 10.6 Å². The number of anilines is 1. The molecular formula is C19H17Cl4F3N2O4S. The lowest BCUT2D eigenvalue weighted by atomic mass is 9.92. The highest BCUT2D eigenvalue weighted by Crippen LogP contribution is 2.43. The van der Waals surface area contributed by atoms with Gasteiger partial charge in [-0.2, -0.15) is 13.2 Å². The molecule has 0 aliphatic rings. The van der Waals surface area contributed by atoms with E-state index in [9.17, 15) is 31.5 Å². The fourth-order valence-corrected chi connectivity index (χ4v) is 4.10. The van der Waals surface area contributed by atoms with Gasteiger partial charge in [-0.05, 0) is 35.4 Å². The van der Waals surface area contributed by atoms with Crippen LogP contribution in [0.25, 0.3) is 0 Å². The van der Waals surface area contributed by atoms with Crippen molar-refractivity contribution in [2.24, 2.45) is 0 Å². The fraction of sp³-hybridized carbons (Fsp3) is 0.316. The molecule has 0 aliphatic carbocycles. The Hall–Kier alpha value is -1.43. The molecule has 0 spiro atoms. The second-order valence-electron chi connectivity index (χ2n) is 7.12. The van der Waals surface area contributed by atoms with Gasteiger partial charge in [0, 0.05) is 23.5 Å². The van der Waals surface area contributed by atoms with Crippen molar-refractivity contribution in [1.29, 1.82) is 0 Å². The highest BCUT2D eigenvalue weighted by molar-refractivity contribution is 7.91. The van der Waals surface area contributed by atoms with Gasteiger partial charge >= 0.3 is 6.18 Å². The van der Waals surface area contributed by atoms with Gasteiger partial charge in [-0.1, -0.05) is 52.5 Å². The van der Waals surface area contributed by atoms with Crippen molar-refractivity contribution in [2.45, 2.75) is 18.3 Å². The fourth-order valence-electron chi connectivity index (χ4n) is 2.67. The van der Waals surface area contributed by atoms with E-state index in [0.29, 0.717) is 5.56 Å². The van der Waals surface area contributed by atoms with Gasteiger partial charge in [0.05, 0.1) is 21.6 Å². The number of carbonyl (C=O) groups excluding carboxylic acids is 1. The molecule has 14 heteroatoms. The molecule has 2 rings (SSSR count). The van der Waals surface area contributed by atoms with Crippen LogP contribution in [0.3, 0.4) is 0 Å². The summed E-state index contributed by atoms with van der Waals surface area (Å²) in [5, 5.41) is 14.8. The summed E-state index contributed by atoms with van der Waals surface area (Å²) in [6.45, 7) is -1.10. The summed E-state index contributed by atoms with van der Waals surface area (Å²) in [6.07, 6.45) is -4.19. The van der Waals surface area contributed by atoms with Crippen LogP contribution < -0.4 is 10.6 Å². The molecule has 0 aromatic heterocycles. The number of rotatable bonds is 8. The van der Waals surface area contributed by atoms with Crippen LogP contribution in [0.4, 0.5) is 18.9 Å². The van der Waals surface area contributed by atoms with E-state index in [0.717, 1.165) is 18.4 Å². The smallest absolute Gasteiger partial charge is 0.381 e. The first-order valence-corrected chi connectivity index (χ1v) is 12.5. The summed E-state index contributed by atoms with van der Waals surface area (Å²) in [5.74, 6) is -1.43. The second-order valence-corrected chi connectivity index (χ2v) is 10.9. The van der Waals surface area contributed by atoms with E-state index in [1.807, 2.05) is 0 Å². The van der Waals surface area contributed by atoms with E-state index >= 15 is 0 Å². The van der Waals surface area contributed by atoms with Crippen molar-refractivity contribution in [3.05, 3.63) is 61.5 Å². The van der Waals surface area contributed by atoms with Crippen LogP contribution >= 0.6 is 46.4 Å². The highest BCUT2D eigenvalue weighted by atomic mass is 35.5. The Balaban J connectivity index is 2.19. The first-order chi connectivity index (χ1) is 15.0. The number of carbonyl (C=O) groups is 1. The van der Waals surface area contributed by atoms with E-state index < -0.39 is 45.4 Å². The molecular weight excluding hydrogens is 551 g/mol. The lowest BCUT2D eigenvalue weighted by molar-refractivity contribution is -0.260. The first kappa shape index (κ1) is 27.8. The number of nitrogens with one attached hydrogen (secondary N) is 2. The molecule has 0 heterocycles. The average molecular weight is 568 g/mol. The maximum Gasteiger partial charge on any atom is 0.423 e. The third-order valence-corrected chi connectivity index (χ3v) is 6.74. The number of sulfone groups is 1. The van der Waals surface area contributed by atoms with Crippen molar-refractivity contribution < 1.29 is 31.5 Å². The van der Waals surface area contributed by atoms with Crippen LogP contribution in [0.5, 0.6) is 0 Å². The summed E-state index contributed by atoms with van der Waals surface area (Å²) in [6, 6.07) is 5.84. The summed E-state index contributed by atoms with van der Waals surface area (Å²) in [5.41, 5.74) is -3.44. The van der Waals surface area contributed by atoms with Crippen LogP contribution in [0.1, 0.15) is 11.1 Å². The Bertz CT molecular complexity index is 1140. The van der Waals surface area contributed by atoms with Crippen molar-refractivity contribution in [3.8, 4) is 0 Å². The van der Waals surface area contributed by atoms with Crippen molar-refractivity contribution >= 4 is 67.8 Å². The van der Waals surface area contributed by atoms with Gasteiger partial charge < -0.3 is 15.7 Å². The number of aliphatic hydroxyl groups is 1. The maximum atomic E-state index is 13.8. The normalized spacial score (nSPS) is 14.0. The molecule has 182 valence electrons. The average Bonchev–Trinajstić information content (AvgIpc) is 2.66. The zero-order valence-corrected chi connectivity index (χ0v) is 20.6. The molecule has 0 saturated carbocycles. The number of hydrogen-bond acceptors (Lipinski definition) is 5. The van der Waals surface area contributed by atoms with Gasteiger partial charge in [-0.3, -0.25) is 4.79 Å². The molecule has 0 radical (unpaired) electrons. The van der Waals surface area contributed by atoms with Crippen LogP contribution in [0, 0.1) is 0 Å². The summed E-state index contributed by atoms with van der Waals surface area (Å²) < 4.78 is 63.6. The quantitative estimate of drug-likeness (QED) is 0.397. The van der Waals surface area contributed by atoms with Gasteiger partial charge in [0.25, 0.3) is 0 Å². The van der Waals surface area contributed by atoms with Gasteiger partial charge in [-0.15, -0.1) is 0 Å². The molecule has 3 N–H and O–H groups in total. The largest absolute Gasteiger partial charge is 0.423 e. The third-order valence-electron chi connectivity index (χ3n) is 4.40. The summed E-state index contributed by atoms with van der Waals surface area (Å²) in [4.78, 5) is 11.6. The predicted molar refractivity (Wildman–Crippen MR) is 123 cm³/mol. The second kappa shape index (κ2) is 10.5. The third kappa shape index (κ3) is 7.27. The number of hydrogen-bond donors (Lipinski definition) is 3. The topological polar surface area (TPSA) is 95.5 Å². The maximum absolute atomic E-state index is 13.8. The Morgan fingerprint density at radius 2 is 1.61 bits per heavy atom. The standard InChI is InChI=1S/C19H17Cl4F3N2O4S/c1-33(31,32)8-16(29)27-7-10-2-3-12(6-13(10)20)28-9-18(30,19(24,25)26)11-4-14(21)17(23)15(22)5-11/h2-6,28,30H,7-9H2,1H3,(H,27,29)/t18-/m1/s1. The molecule has 1 amide bonds. The molecule has 0 unspecified atom stereocenters. The Kier molecular flexibility index (Phi) is 8.81. The minimum Gasteiger partial charge on any atom is -0.381 e. The van der Waals surface area contributed by atoms with E-state index in [1.165, 1.54) is 18.2 Å². The molecule has 0 saturated heterocycles. The SMILES string of the molecule is CS(=O)(=O)CC(=O)NCc1ccc(NC[C@@](O)(c2cc(Cl)c(Cl)c(Cl)c2)C(F)(F)F)cc1Cl. The lowest BCUT2D eigenvalue weighted by Gasteiger charge is -2.32. The van der Waals surface area contributed by atoms with Gasteiger partial charge in [0.2, 0.25) is 11.5 Å². The molecule has 33 heavy (non-hydrogen) atoms. The number of halogens is 7. The lowest BCUT2D eigenvalue weighted by Crippen LogP contribution is -2.47. The Morgan fingerprint density at radius 3 is 2.09 bits per heavy atom. The van der Waals surface area contributed by atoms with Crippen molar-refractivity contribution in [2.75, 3.05) is 23.9 Å². The monoisotopic (exact) mass is 566 g/mol. The minimum absolute atomic E-state index is 0.0905. The summed E-state index contributed by atoms with van der Waals surface area (Å²) >= 11 is 23.5. The molecule has 6 nitrogen and oxygen atoms in total. The molecule has 0 aliphatic heterocycles. The zero-order valence-electron chi connectivity index (χ0n) is 16.7. The zero-order chi connectivity index (χ0) is 25.2. The van der Waals surface area contributed by atoms with E-state index in [4.69, 9.17) is 46.4 Å². The van der Waals surface area contributed by atoms with Gasteiger partial charge in [-0.25, -0.2) is 8.42 Å². The minimum atomic E-state index is -5.10. The molecule has 0 fully saturated rings. The summed E-state index contributed by atoms with van der Waals surface area (Å²) in [7, 11) is -3.50. The van der Waals surface area contributed by atoms with Gasteiger partial charge in [0.15, 0.2) is 9.84 Å². The van der Waals surface area contributed by atoms with Crippen LogP contribution in [0.2, 0.25) is 20.1 Å². The van der Waals surface area contributed by atoms with Crippen LogP contribution in [0.15, 0.2) is 30.3 Å². The van der Waals surface area contributed by atoms with Crippen LogP contribution in [-0.4, -0.2) is 44.2 Å². The Labute approximate surface area is 207 Å². The molecule has 2 aromatic rings. The number of amides is 1. The molecule has 2 aromatic carbocycles. The Morgan fingerprint density at radius 1 is 1.03 bits per heavy atom. The predicted octanol–water partition coefficient (Wildman–Crippen LogP) is 4.82. The van der Waals surface area contributed by atoms with Crippen molar-refractivity contribution in [3.63, 3.8) is 0 Å². The van der Waals surface area contributed by atoms with Crippen LogP contribution in [-0.2, 0) is 26.8 Å². The first-order valence-electron chi connectivity index (χ1n) is 8.94. The number of benzene rings is 2. The molecule has 0 bridgehead atoms. The highest BCUT2D eigenvalue weighted by Gasteiger charge is 2.55.